The molecule has 0 amide bonds. The third kappa shape index (κ3) is 4.40. The molecule has 0 fully saturated rings. The quantitative estimate of drug-likeness (QED) is 0.702. The molecule has 0 saturated carbocycles. The van der Waals surface area contributed by atoms with Gasteiger partial charge in [-0.05, 0) is 18.4 Å². The van der Waals surface area contributed by atoms with Crippen molar-refractivity contribution in [2.24, 2.45) is 0 Å². The van der Waals surface area contributed by atoms with Gasteiger partial charge < -0.3 is 9.84 Å². The first-order valence-corrected chi connectivity index (χ1v) is 5.12. The van der Waals surface area contributed by atoms with Crippen molar-refractivity contribution in [2.75, 3.05) is 13.2 Å². The highest BCUT2D eigenvalue weighted by molar-refractivity contribution is 5.14. The normalized spacial score (nSPS) is 12.7. The molecule has 0 aliphatic carbocycles. The zero-order valence-electron chi connectivity index (χ0n) is 8.65. The molecule has 1 aromatic carbocycles. The second kappa shape index (κ2) is 6.57. The van der Waals surface area contributed by atoms with Crippen LogP contribution < -0.4 is 0 Å². The summed E-state index contributed by atoms with van der Waals surface area (Å²) >= 11 is 0. The van der Waals surface area contributed by atoms with Crippen LogP contribution in [0, 0.1) is 0 Å². The average molecular weight is 194 g/mol. The van der Waals surface area contributed by atoms with Gasteiger partial charge in [0.2, 0.25) is 0 Å². The van der Waals surface area contributed by atoms with Crippen LogP contribution in [-0.4, -0.2) is 24.4 Å². The first-order valence-electron chi connectivity index (χ1n) is 5.12. The van der Waals surface area contributed by atoms with E-state index in [1.165, 1.54) is 5.56 Å². The number of rotatable bonds is 6. The van der Waals surface area contributed by atoms with Crippen LogP contribution in [0.3, 0.4) is 0 Å². The zero-order valence-corrected chi connectivity index (χ0v) is 8.65. The second-order valence-corrected chi connectivity index (χ2v) is 3.37. The fourth-order valence-corrected chi connectivity index (χ4v) is 1.17. The van der Waals surface area contributed by atoms with Gasteiger partial charge in [0.05, 0.1) is 19.3 Å². The molecule has 0 aromatic heterocycles. The summed E-state index contributed by atoms with van der Waals surface area (Å²) in [6.45, 7) is 3.08. The molecule has 0 aliphatic rings. The maximum absolute atomic E-state index is 9.23. The Hall–Kier alpha value is -0.860. The van der Waals surface area contributed by atoms with E-state index in [0.717, 1.165) is 12.8 Å². The van der Waals surface area contributed by atoms with Crippen LogP contribution in [0.1, 0.15) is 18.9 Å². The lowest BCUT2D eigenvalue weighted by molar-refractivity contribution is 0.0364. The van der Waals surface area contributed by atoms with Gasteiger partial charge in [0.1, 0.15) is 0 Å². The van der Waals surface area contributed by atoms with E-state index in [0.29, 0.717) is 13.2 Å². The van der Waals surface area contributed by atoms with E-state index in [1.807, 2.05) is 25.1 Å². The second-order valence-electron chi connectivity index (χ2n) is 3.37. The molecular formula is C12H18O2. The van der Waals surface area contributed by atoms with Crippen LogP contribution in [0.4, 0.5) is 0 Å². The Morgan fingerprint density at radius 3 is 2.64 bits per heavy atom. The summed E-state index contributed by atoms with van der Waals surface area (Å²) in [4.78, 5) is 0. The summed E-state index contributed by atoms with van der Waals surface area (Å²) in [5.41, 5.74) is 1.28. The number of hydrogen-bond donors (Lipinski definition) is 1. The van der Waals surface area contributed by atoms with Gasteiger partial charge in [-0.15, -0.1) is 0 Å². The number of hydrogen-bond acceptors (Lipinski definition) is 2. The molecule has 0 aliphatic heterocycles. The Morgan fingerprint density at radius 1 is 1.29 bits per heavy atom. The van der Waals surface area contributed by atoms with E-state index < -0.39 is 0 Å². The smallest absolute Gasteiger partial charge is 0.0771 e. The molecule has 1 atom stereocenters. The molecule has 2 nitrogen and oxygen atoms in total. The molecule has 0 bridgehead atoms. The number of benzene rings is 1. The molecule has 1 rings (SSSR count). The van der Waals surface area contributed by atoms with E-state index in [-0.39, 0.29) is 6.10 Å². The third-order valence-electron chi connectivity index (χ3n) is 2.16. The summed E-state index contributed by atoms with van der Waals surface area (Å²) < 4.78 is 5.34. The molecule has 14 heavy (non-hydrogen) atoms. The van der Waals surface area contributed by atoms with E-state index in [9.17, 15) is 5.11 Å². The van der Waals surface area contributed by atoms with Gasteiger partial charge in [-0.25, -0.2) is 0 Å². The van der Waals surface area contributed by atoms with Crippen molar-refractivity contribution < 1.29 is 9.84 Å². The third-order valence-corrected chi connectivity index (χ3v) is 2.16. The molecule has 78 valence electrons. The molecule has 0 heterocycles. The number of aliphatic hydroxyl groups excluding tert-OH is 1. The predicted octanol–water partition coefficient (Wildman–Crippen LogP) is 2.02. The van der Waals surface area contributed by atoms with Crippen LogP contribution in [0.5, 0.6) is 0 Å². The highest BCUT2D eigenvalue weighted by Gasteiger charge is 1.99. The molecule has 1 unspecified atom stereocenters. The van der Waals surface area contributed by atoms with Crippen molar-refractivity contribution in [2.45, 2.75) is 25.9 Å². The van der Waals surface area contributed by atoms with Crippen LogP contribution >= 0.6 is 0 Å². The molecule has 1 N–H and O–H groups in total. The predicted molar refractivity (Wildman–Crippen MR) is 57.3 cm³/mol. The minimum absolute atomic E-state index is 0.314. The van der Waals surface area contributed by atoms with Gasteiger partial charge in [-0.3, -0.25) is 0 Å². The monoisotopic (exact) mass is 194 g/mol. The topological polar surface area (TPSA) is 29.5 Å². The van der Waals surface area contributed by atoms with Crippen LogP contribution in [0.2, 0.25) is 0 Å². The standard InChI is InChI=1S/C12H18O2/c1-2-12(13)10-14-9-8-11-6-4-3-5-7-11/h3-7,12-13H,2,8-10H2,1H3. The van der Waals surface area contributed by atoms with Crippen LogP contribution in [-0.2, 0) is 11.2 Å². The summed E-state index contributed by atoms with van der Waals surface area (Å²) in [5.74, 6) is 0. The molecule has 0 radical (unpaired) electrons. The lowest BCUT2D eigenvalue weighted by atomic mass is 10.2. The Morgan fingerprint density at radius 2 is 2.00 bits per heavy atom. The molecule has 0 saturated heterocycles. The van der Waals surface area contributed by atoms with Crippen molar-refractivity contribution in [1.29, 1.82) is 0 Å². The maximum atomic E-state index is 9.23. The molecule has 0 spiro atoms. The van der Waals surface area contributed by atoms with Crippen molar-refractivity contribution in [1.82, 2.24) is 0 Å². The Bertz CT molecular complexity index is 233. The first kappa shape index (κ1) is 11.2. The molecule has 2 heteroatoms. The van der Waals surface area contributed by atoms with Crippen molar-refractivity contribution in [3.05, 3.63) is 35.9 Å². The summed E-state index contributed by atoms with van der Waals surface area (Å²) in [5, 5.41) is 9.23. The van der Waals surface area contributed by atoms with Crippen LogP contribution in [0.15, 0.2) is 30.3 Å². The summed E-state index contributed by atoms with van der Waals surface area (Å²) in [6.07, 6.45) is 1.36. The minimum Gasteiger partial charge on any atom is -0.391 e. The van der Waals surface area contributed by atoms with Gasteiger partial charge in [-0.2, -0.15) is 0 Å². The lowest BCUT2D eigenvalue weighted by Crippen LogP contribution is -2.14. The SMILES string of the molecule is CCC(O)COCCc1ccccc1. The van der Waals surface area contributed by atoms with Gasteiger partial charge in [0.15, 0.2) is 0 Å². The molecular weight excluding hydrogens is 176 g/mol. The summed E-state index contributed by atoms with van der Waals surface area (Å²) in [7, 11) is 0. The first-order chi connectivity index (χ1) is 6.83. The lowest BCUT2D eigenvalue weighted by Gasteiger charge is -2.08. The van der Waals surface area contributed by atoms with E-state index in [4.69, 9.17) is 4.74 Å². The van der Waals surface area contributed by atoms with E-state index >= 15 is 0 Å². The average Bonchev–Trinajstić information content (AvgIpc) is 2.25. The molecule has 1 aromatic rings. The van der Waals surface area contributed by atoms with Crippen molar-refractivity contribution in [3.8, 4) is 0 Å². The highest BCUT2D eigenvalue weighted by Crippen LogP contribution is 2.00. The van der Waals surface area contributed by atoms with Gasteiger partial charge in [0.25, 0.3) is 0 Å². The zero-order chi connectivity index (χ0) is 10.2. The minimum atomic E-state index is -0.314. The number of aliphatic hydroxyl groups is 1. The highest BCUT2D eigenvalue weighted by atomic mass is 16.5. The number of ether oxygens (including phenoxy) is 1. The largest absolute Gasteiger partial charge is 0.391 e. The van der Waals surface area contributed by atoms with E-state index in [2.05, 4.69) is 12.1 Å². The van der Waals surface area contributed by atoms with Crippen molar-refractivity contribution in [3.63, 3.8) is 0 Å². The Labute approximate surface area is 85.5 Å². The Kier molecular flexibility index (Phi) is 5.27. The maximum Gasteiger partial charge on any atom is 0.0771 e. The fourth-order valence-electron chi connectivity index (χ4n) is 1.17. The fraction of sp³-hybridized carbons (Fsp3) is 0.500. The van der Waals surface area contributed by atoms with Crippen LogP contribution in [0.25, 0.3) is 0 Å². The van der Waals surface area contributed by atoms with Gasteiger partial charge in [-0.1, -0.05) is 37.3 Å². The van der Waals surface area contributed by atoms with Crippen molar-refractivity contribution >= 4 is 0 Å². The Balaban J connectivity index is 2.10. The van der Waals surface area contributed by atoms with Gasteiger partial charge in [0, 0.05) is 0 Å². The summed E-state index contributed by atoms with van der Waals surface area (Å²) in [6, 6.07) is 10.2. The van der Waals surface area contributed by atoms with Gasteiger partial charge >= 0.3 is 0 Å². The van der Waals surface area contributed by atoms with E-state index in [1.54, 1.807) is 0 Å².